The topological polar surface area (TPSA) is 21.3 Å². The fourth-order valence-corrected chi connectivity index (χ4v) is 4.43. The Morgan fingerprint density at radius 1 is 0.929 bits per heavy atom. The lowest BCUT2D eigenvalue weighted by atomic mass is 9.77. The SMILES string of the molecule is Fc1cccc2c1NC(c1ccc(OCc3ccccc3)cc1)C1CC=CC21. The Kier molecular flexibility index (Phi) is 4.36. The van der Waals surface area contributed by atoms with Crippen molar-refractivity contribution in [3.8, 4) is 5.75 Å². The van der Waals surface area contributed by atoms with E-state index in [1.165, 1.54) is 11.6 Å². The van der Waals surface area contributed by atoms with Gasteiger partial charge >= 0.3 is 0 Å². The molecule has 3 heteroatoms. The van der Waals surface area contributed by atoms with Gasteiger partial charge in [-0.2, -0.15) is 0 Å². The number of anilines is 1. The fourth-order valence-electron chi connectivity index (χ4n) is 4.43. The van der Waals surface area contributed by atoms with Gasteiger partial charge in [0.05, 0.1) is 11.7 Å². The van der Waals surface area contributed by atoms with Gasteiger partial charge in [0.15, 0.2) is 0 Å². The van der Waals surface area contributed by atoms with Crippen molar-refractivity contribution in [2.45, 2.75) is 25.0 Å². The summed E-state index contributed by atoms with van der Waals surface area (Å²) in [7, 11) is 0. The molecule has 0 bridgehead atoms. The third-order valence-corrected chi connectivity index (χ3v) is 5.83. The van der Waals surface area contributed by atoms with Gasteiger partial charge in [0.2, 0.25) is 0 Å². The van der Waals surface area contributed by atoms with Crippen molar-refractivity contribution >= 4 is 5.69 Å². The number of fused-ring (bicyclic) bond motifs is 3. The molecule has 3 aromatic rings. The summed E-state index contributed by atoms with van der Waals surface area (Å²) < 4.78 is 20.3. The number of halogens is 1. The van der Waals surface area contributed by atoms with E-state index in [0.29, 0.717) is 18.2 Å². The van der Waals surface area contributed by atoms with E-state index in [4.69, 9.17) is 4.74 Å². The van der Waals surface area contributed by atoms with Crippen molar-refractivity contribution in [3.63, 3.8) is 0 Å². The molecule has 5 rings (SSSR count). The van der Waals surface area contributed by atoms with Crippen LogP contribution in [0.25, 0.3) is 0 Å². The third-order valence-electron chi connectivity index (χ3n) is 5.83. The van der Waals surface area contributed by atoms with Gasteiger partial charge in [0.25, 0.3) is 0 Å². The quantitative estimate of drug-likeness (QED) is 0.549. The summed E-state index contributed by atoms with van der Waals surface area (Å²) >= 11 is 0. The van der Waals surface area contributed by atoms with Gasteiger partial charge in [-0.15, -0.1) is 0 Å². The lowest BCUT2D eigenvalue weighted by Gasteiger charge is -2.37. The van der Waals surface area contributed by atoms with Crippen LogP contribution >= 0.6 is 0 Å². The molecule has 0 fully saturated rings. The number of para-hydroxylation sites is 1. The molecule has 3 atom stereocenters. The van der Waals surface area contributed by atoms with Gasteiger partial charge in [-0.05, 0) is 47.2 Å². The Morgan fingerprint density at radius 2 is 1.75 bits per heavy atom. The maximum Gasteiger partial charge on any atom is 0.146 e. The minimum atomic E-state index is -0.177. The molecule has 140 valence electrons. The second kappa shape index (κ2) is 7.16. The van der Waals surface area contributed by atoms with Crippen molar-refractivity contribution in [3.05, 3.63) is 107 Å². The number of hydrogen-bond acceptors (Lipinski definition) is 2. The summed E-state index contributed by atoms with van der Waals surface area (Å²) in [4.78, 5) is 0. The van der Waals surface area contributed by atoms with Gasteiger partial charge in [-0.25, -0.2) is 4.39 Å². The van der Waals surface area contributed by atoms with Gasteiger partial charge < -0.3 is 10.1 Å². The van der Waals surface area contributed by atoms with Crippen LogP contribution in [0.2, 0.25) is 0 Å². The van der Waals surface area contributed by atoms with Crippen molar-refractivity contribution < 1.29 is 9.13 Å². The minimum absolute atomic E-state index is 0.0903. The highest BCUT2D eigenvalue weighted by Crippen LogP contribution is 2.50. The van der Waals surface area contributed by atoms with Crippen LogP contribution in [0.1, 0.15) is 35.1 Å². The normalized spacial score (nSPS) is 22.2. The van der Waals surface area contributed by atoms with Crippen molar-refractivity contribution in [1.29, 1.82) is 0 Å². The number of rotatable bonds is 4. The van der Waals surface area contributed by atoms with E-state index < -0.39 is 0 Å². The largest absolute Gasteiger partial charge is 0.489 e. The van der Waals surface area contributed by atoms with Crippen LogP contribution in [-0.2, 0) is 6.61 Å². The second-order valence-electron chi connectivity index (χ2n) is 7.52. The van der Waals surface area contributed by atoms with E-state index in [1.54, 1.807) is 6.07 Å². The predicted octanol–water partition coefficient (Wildman–Crippen LogP) is 6.23. The molecule has 0 spiro atoms. The standard InChI is InChI=1S/C25H22FNO/c26-23-11-5-10-22-20-8-4-9-21(20)24(27-25(22)23)18-12-14-19(15-13-18)28-16-17-6-2-1-3-7-17/h1-8,10-15,20-21,24,27H,9,16H2. The molecule has 0 amide bonds. The molecule has 2 aliphatic rings. The number of ether oxygens (including phenoxy) is 1. The molecular formula is C25H22FNO. The van der Waals surface area contributed by atoms with Crippen LogP contribution in [0.5, 0.6) is 5.75 Å². The number of hydrogen-bond donors (Lipinski definition) is 1. The summed E-state index contributed by atoms with van der Waals surface area (Å²) in [6.45, 7) is 0.551. The minimum Gasteiger partial charge on any atom is -0.489 e. The molecule has 2 nitrogen and oxygen atoms in total. The van der Waals surface area contributed by atoms with E-state index >= 15 is 0 Å². The Balaban J connectivity index is 1.37. The smallest absolute Gasteiger partial charge is 0.146 e. The molecule has 1 aliphatic heterocycles. The molecule has 28 heavy (non-hydrogen) atoms. The monoisotopic (exact) mass is 371 g/mol. The molecule has 1 heterocycles. The van der Waals surface area contributed by atoms with Crippen LogP contribution in [-0.4, -0.2) is 0 Å². The second-order valence-corrected chi connectivity index (χ2v) is 7.52. The number of nitrogens with one attached hydrogen (secondary N) is 1. The molecular weight excluding hydrogens is 349 g/mol. The van der Waals surface area contributed by atoms with E-state index in [0.717, 1.165) is 23.3 Å². The summed E-state index contributed by atoms with van der Waals surface area (Å²) in [5.41, 5.74) is 4.02. The zero-order valence-electron chi connectivity index (χ0n) is 15.5. The lowest BCUT2D eigenvalue weighted by Crippen LogP contribution is -2.29. The highest BCUT2D eigenvalue weighted by Gasteiger charge is 2.38. The first kappa shape index (κ1) is 17.1. The molecule has 3 aromatic carbocycles. The molecule has 3 unspecified atom stereocenters. The summed E-state index contributed by atoms with van der Waals surface area (Å²) in [6, 6.07) is 23.8. The van der Waals surface area contributed by atoms with Crippen molar-refractivity contribution in [1.82, 2.24) is 0 Å². The third kappa shape index (κ3) is 3.07. The van der Waals surface area contributed by atoms with Crippen LogP contribution in [0.15, 0.2) is 84.9 Å². The summed E-state index contributed by atoms with van der Waals surface area (Å²) in [5.74, 6) is 1.34. The number of allylic oxidation sites excluding steroid dienone is 2. The van der Waals surface area contributed by atoms with Crippen molar-refractivity contribution in [2.75, 3.05) is 5.32 Å². The molecule has 0 radical (unpaired) electrons. The molecule has 1 N–H and O–H groups in total. The zero-order chi connectivity index (χ0) is 18.9. The molecule has 0 saturated heterocycles. The van der Waals surface area contributed by atoms with Gasteiger partial charge in [-0.3, -0.25) is 0 Å². The average molecular weight is 371 g/mol. The zero-order valence-corrected chi connectivity index (χ0v) is 15.5. The summed E-state index contributed by atoms with van der Waals surface area (Å²) in [5, 5.41) is 3.47. The predicted molar refractivity (Wildman–Crippen MR) is 110 cm³/mol. The van der Waals surface area contributed by atoms with Crippen LogP contribution in [0, 0.1) is 11.7 Å². The Hall–Kier alpha value is -3.07. The highest BCUT2D eigenvalue weighted by molar-refractivity contribution is 5.60. The van der Waals surface area contributed by atoms with Gasteiger partial charge in [0, 0.05) is 5.92 Å². The Bertz CT molecular complexity index is 997. The Labute approximate surface area is 164 Å². The first-order valence-electron chi connectivity index (χ1n) is 9.78. The summed E-state index contributed by atoms with van der Waals surface area (Å²) in [6.07, 6.45) is 5.46. The van der Waals surface area contributed by atoms with Crippen molar-refractivity contribution in [2.24, 2.45) is 5.92 Å². The number of benzene rings is 3. The van der Waals surface area contributed by atoms with E-state index in [1.807, 2.05) is 36.4 Å². The fraction of sp³-hybridized carbons (Fsp3) is 0.200. The molecule has 1 aliphatic carbocycles. The van der Waals surface area contributed by atoms with Crippen LogP contribution in [0.4, 0.5) is 10.1 Å². The highest BCUT2D eigenvalue weighted by atomic mass is 19.1. The van der Waals surface area contributed by atoms with E-state index in [-0.39, 0.29) is 17.8 Å². The average Bonchev–Trinajstić information content (AvgIpc) is 3.24. The maximum atomic E-state index is 14.4. The first-order chi connectivity index (χ1) is 13.8. The molecule has 0 aromatic heterocycles. The van der Waals surface area contributed by atoms with E-state index in [9.17, 15) is 4.39 Å². The first-order valence-corrected chi connectivity index (χ1v) is 9.78. The van der Waals surface area contributed by atoms with Crippen LogP contribution < -0.4 is 10.1 Å². The van der Waals surface area contributed by atoms with E-state index in [2.05, 4.69) is 41.7 Å². The lowest BCUT2D eigenvalue weighted by molar-refractivity contribution is 0.306. The Morgan fingerprint density at radius 3 is 2.57 bits per heavy atom. The maximum absolute atomic E-state index is 14.4. The molecule has 0 saturated carbocycles. The van der Waals surface area contributed by atoms with Gasteiger partial charge in [-0.1, -0.05) is 66.7 Å². The van der Waals surface area contributed by atoms with Crippen LogP contribution in [0.3, 0.4) is 0 Å². The van der Waals surface area contributed by atoms with Gasteiger partial charge in [0.1, 0.15) is 18.2 Å².